The van der Waals surface area contributed by atoms with E-state index in [0.29, 0.717) is 21.5 Å². The number of nitro groups is 1. The van der Waals surface area contributed by atoms with Crippen LogP contribution in [0.25, 0.3) is 6.08 Å². The highest BCUT2D eigenvalue weighted by molar-refractivity contribution is 14.1. The largest absolute Gasteiger partial charge is 0.487 e. The molecule has 0 unspecified atom stereocenters. The molecule has 172 valence electrons. The number of aryl methyl sites for hydroxylation is 1. The maximum Gasteiger partial charge on any atom is 0.269 e. The first kappa shape index (κ1) is 25.4. The molecule has 1 amide bonds. The molecule has 0 saturated heterocycles. The van der Waals surface area contributed by atoms with Gasteiger partial charge in [-0.05, 0) is 111 Å². The summed E-state index contributed by atoms with van der Waals surface area (Å²) in [6, 6.07) is 17.3. The zero-order valence-corrected chi connectivity index (χ0v) is 22.0. The number of halogens is 2. The number of nitriles is 1. The molecule has 3 rings (SSSR count). The first-order valence-electron chi connectivity index (χ1n) is 10.0. The summed E-state index contributed by atoms with van der Waals surface area (Å²) in [5.74, 6) is 0.107. The number of nitrogens with one attached hydrogen (secondary N) is 1. The summed E-state index contributed by atoms with van der Waals surface area (Å²) in [5.41, 5.74) is 4.09. The number of non-ortho nitro benzene ring substituents is 1. The lowest BCUT2D eigenvalue weighted by Gasteiger charge is -2.12. The van der Waals surface area contributed by atoms with E-state index in [1.807, 2.05) is 32.0 Å². The first-order valence-corrected chi connectivity index (χ1v) is 11.9. The van der Waals surface area contributed by atoms with Crippen LogP contribution < -0.4 is 10.1 Å². The van der Waals surface area contributed by atoms with E-state index in [2.05, 4.69) is 43.8 Å². The van der Waals surface area contributed by atoms with Gasteiger partial charge in [-0.3, -0.25) is 14.9 Å². The normalized spacial score (nSPS) is 11.0. The highest BCUT2D eigenvalue weighted by Gasteiger charge is 2.14. The molecule has 0 fully saturated rings. The second kappa shape index (κ2) is 11.3. The van der Waals surface area contributed by atoms with Gasteiger partial charge in [0.2, 0.25) is 0 Å². The van der Waals surface area contributed by atoms with E-state index in [0.717, 1.165) is 20.3 Å². The third-order valence-electron chi connectivity index (χ3n) is 5.08. The van der Waals surface area contributed by atoms with Crippen molar-refractivity contribution in [2.24, 2.45) is 0 Å². The number of rotatable bonds is 7. The van der Waals surface area contributed by atoms with E-state index in [9.17, 15) is 20.2 Å². The van der Waals surface area contributed by atoms with Crippen LogP contribution in [0.1, 0.15) is 22.3 Å². The zero-order valence-electron chi connectivity index (χ0n) is 18.3. The summed E-state index contributed by atoms with van der Waals surface area (Å²) < 4.78 is 7.33. The van der Waals surface area contributed by atoms with E-state index in [-0.39, 0.29) is 17.9 Å². The van der Waals surface area contributed by atoms with E-state index in [1.165, 1.54) is 18.2 Å². The van der Waals surface area contributed by atoms with Crippen molar-refractivity contribution >= 4 is 61.9 Å². The number of hydrogen-bond acceptors (Lipinski definition) is 5. The minimum Gasteiger partial charge on any atom is -0.487 e. The summed E-state index contributed by atoms with van der Waals surface area (Å²) >= 11 is 5.60. The topological polar surface area (TPSA) is 105 Å². The van der Waals surface area contributed by atoms with Crippen molar-refractivity contribution in [3.8, 4) is 11.8 Å². The van der Waals surface area contributed by atoms with Crippen LogP contribution >= 0.6 is 38.5 Å². The molecule has 34 heavy (non-hydrogen) atoms. The molecule has 0 spiro atoms. The van der Waals surface area contributed by atoms with E-state index >= 15 is 0 Å². The van der Waals surface area contributed by atoms with Gasteiger partial charge in [0, 0.05) is 17.8 Å². The molecule has 0 radical (unpaired) electrons. The predicted octanol–water partition coefficient (Wildman–Crippen LogP) is 6.70. The molecule has 0 aromatic heterocycles. The smallest absolute Gasteiger partial charge is 0.269 e. The molecule has 3 aromatic rings. The van der Waals surface area contributed by atoms with Gasteiger partial charge in [0.1, 0.15) is 24.0 Å². The van der Waals surface area contributed by atoms with Crippen molar-refractivity contribution in [1.82, 2.24) is 0 Å². The van der Waals surface area contributed by atoms with Crippen LogP contribution in [0.4, 0.5) is 11.4 Å². The minimum absolute atomic E-state index is 0.0190. The average Bonchev–Trinajstić information content (AvgIpc) is 2.80. The number of benzene rings is 3. The van der Waals surface area contributed by atoms with Gasteiger partial charge in [-0.25, -0.2) is 0 Å². The molecule has 0 bridgehead atoms. The van der Waals surface area contributed by atoms with Crippen molar-refractivity contribution in [3.05, 3.63) is 101 Å². The molecule has 7 nitrogen and oxygen atoms in total. The van der Waals surface area contributed by atoms with Gasteiger partial charge in [-0.2, -0.15) is 5.26 Å². The Balaban J connectivity index is 1.76. The van der Waals surface area contributed by atoms with Crippen molar-refractivity contribution in [2.75, 3.05) is 5.32 Å². The average molecular weight is 632 g/mol. The monoisotopic (exact) mass is 631 g/mol. The van der Waals surface area contributed by atoms with Crippen LogP contribution in [0.2, 0.25) is 0 Å². The number of hydrogen-bond donors (Lipinski definition) is 1. The molecule has 0 aliphatic rings. The van der Waals surface area contributed by atoms with Crippen molar-refractivity contribution in [2.45, 2.75) is 20.5 Å². The van der Waals surface area contributed by atoms with Gasteiger partial charge in [-0.15, -0.1) is 0 Å². The van der Waals surface area contributed by atoms with E-state index in [1.54, 1.807) is 30.3 Å². The van der Waals surface area contributed by atoms with Crippen molar-refractivity contribution < 1.29 is 14.5 Å². The molecular weight excluding hydrogens is 613 g/mol. The Bertz CT molecular complexity index is 1310. The Kier molecular flexibility index (Phi) is 8.41. The number of ether oxygens (including phenoxy) is 1. The van der Waals surface area contributed by atoms with Crippen molar-refractivity contribution in [1.29, 1.82) is 5.26 Å². The fraction of sp³-hybridized carbons (Fsp3) is 0.120. The van der Waals surface area contributed by atoms with Gasteiger partial charge < -0.3 is 10.1 Å². The van der Waals surface area contributed by atoms with Crippen LogP contribution in [-0.4, -0.2) is 10.8 Å². The van der Waals surface area contributed by atoms with Crippen LogP contribution in [-0.2, 0) is 11.4 Å². The number of nitrogens with zero attached hydrogens (tertiary/aromatic N) is 2. The second-order valence-corrected chi connectivity index (χ2v) is 9.41. The summed E-state index contributed by atoms with van der Waals surface area (Å²) in [6.45, 7) is 4.09. The Morgan fingerprint density at radius 2 is 1.94 bits per heavy atom. The lowest BCUT2D eigenvalue weighted by Crippen LogP contribution is -2.14. The highest BCUT2D eigenvalue weighted by Crippen LogP contribution is 2.33. The van der Waals surface area contributed by atoms with Gasteiger partial charge in [0.05, 0.1) is 13.0 Å². The Morgan fingerprint density at radius 1 is 1.24 bits per heavy atom. The lowest BCUT2D eigenvalue weighted by molar-refractivity contribution is -0.384. The van der Waals surface area contributed by atoms with Gasteiger partial charge in [0.25, 0.3) is 11.6 Å². The molecule has 0 aliphatic carbocycles. The summed E-state index contributed by atoms with van der Waals surface area (Å²) in [6.07, 6.45) is 1.52. The van der Waals surface area contributed by atoms with Crippen molar-refractivity contribution in [3.63, 3.8) is 0 Å². The lowest BCUT2D eigenvalue weighted by atomic mass is 10.1. The number of anilines is 1. The molecule has 0 heterocycles. The molecule has 3 aromatic carbocycles. The van der Waals surface area contributed by atoms with E-state index in [4.69, 9.17) is 4.74 Å². The van der Waals surface area contributed by atoms with Crippen LogP contribution in [0.5, 0.6) is 5.75 Å². The fourth-order valence-corrected chi connectivity index (χ4v) is 4.83. The number of carbonyl (C=O) groups excluding carboxylic acids is 1. The number of nitro benzene ring substituents is 1. The van der Waals surface area contributed by atoms with Gasteiger partial charge in [0.15, 0.2) is 0 Å². The summed E-state index contributed by atoms with van der Waals surface area (Å²) in [7, 11) is 0. The molecule has 9 heteroatoms. The Hall–Kier alpha value is -3.23. The summed E-state index contributed by atoms with van der Waals surface area (Å²) in [4.78, 5) is 23.0. The van der Waals surface area contributed by atoms with E-state index < -0.39 is 10.8 Å². The minimum atomic E-state index is -0.485. The quantitative estimate of drug-likeness (QED) is 0.103. The number of amides is 1. The SMILES string of the molecule is Cc1cccc(NC(=O)/C(C#N)=C/c2cc(Br)c(OCc3ccc([N+](=O)[O-])cc3)c(I)c2)c1C. The Morgan fingerprint density at radius 3 is 2.56 bits per heavy atom. The summed E-state index contributed by atoms with van der Waals surface area (Å²) in [5, 5.41) is 23.1. The van der Waals surface area contributed by atoms with Crippen LogP contribution in [0.3, 0.4) is 0 Å². The fourth-order valence-electron chi connectivity index (χ4n) is 3.06. The van der Waals surface area contributed by atoms with Crippen LogP contribution in [0.15, 0.2) is 64.6 Å². The molecule has 0 aliphatic heterocycles. The second-order valence-electron chi connectivity index (χ2n) is 7.40. The van der Waals surface area contributed by atoms with Gasteiger partial charge in [-0.1, -0.05) is 12.1 Å². The maximum atomic E-state index is 12.7. The van der Waals surface area contributed by atoms with Gasteiger partial charge >= 0.3 is 0 Å². The standard InChI is InChI=1S/C25H19BrIN3O4/c1-15-4-3-5-23(16(15)2)29-25(31)19(13-28)10-18-11-21(26)24(22(27)12-18)34-14-17-6-8-20(9-7-17)30(32)33/h3-12H,14H2,1-2H3,(H,29,31)/b19-10+. The first-order chi connectivity index (χ1) is 16.2. The molecule has 1 N–H and O–H groups in total. The molecule has 0 saturated carbocycles. The molecule has 0 atom stereocenters. The number of carbonyl (C=O) groups is 1. The highest BCUT2D eigenvalue weighted by atomic mass is 127. The third-order valence-corrected chi connectivity index (χ3v) is 6.47. The predicted molar refractivity (Wildman–Crippen MR) is 142 cm³/mol. The van der Waals surface area contributed by atoms with Crippen LogP contribution in [0, 0.1) is 38.9 Å². The Labute approximate surface area is 218 Å². The maximum absolute atomic E-state index is 12.7. The third kappa shape index (κ3) is 6.21. The molecular formula is C25H19BrIN3O4. The zero-order chi connectivity index (χ0) is 24.8.